The molecule has 2 aliphatic heterocycles. The molecule has 0 aromatic carbocycles. The van der Waals surface area contributed by atoms with Gasteiger partial charge in [-0.05, 0) is 24.6 Å². The first-order valence-corrected chi connectivity index (χ1v) is 8.24. The molecular weight excluding hydrogens is 308 g/mol. The van der Waals surface area contributed by atoms with Gasteiger partial charge in [-0.15, -0.1) is 0 Å². The molecule has 24 heavy (non-hydrogen) atoms. The Hall–Kier alpha value is -2.41. The number of amides is 1. The van der Waals surface area contributed by atoms with Gasteiger partial charge in [0.2, 0.25) is 11.9 Å². The van der Waals surface area contributed by atoms with Crippen LogP contribution in [-0.4, -0.2) is 41.2 Å². The van der Waals surface area contributed by atoms with Gasteiger partial charge in [0, 0.05) is 31.4 Å². The van der Waals surface area contributed by atoms with E-state index in [-0.39, 0.29) is 18.1 Å². The second-order valence-corrected chi connectivity index (χ2v) is 6.31. The standard InChI is InChI=1S/C17H20N4O3/c22-16(20-9-13-3-1-6-23-13)8-14-7-12-10-21(11-15(12)24-14)17-18-4-2-5-19-17/h1-6,12,14-15H,7-11H2,(H,20,22)/t12-,14+,15+/m0/s1. The van der Waals surface area contributed by atoms with Gasteiger partial charge in [0.25, 0.3) is 0 Å². The van der Waals surface area contributed by atoms with Crippen LogP contribution in [0, 0.1) is 5.92 Å². The van der Waals surface area contributed by atoms with E-state index in [0.29, 0.717) is 18.9 Å². The topological polar surface area (TPSA) is 80.5 Å². The number of rotatable bonds is 5. The van der Waals surface area contributed by atoms with Crippen LogP contribution in [0.15, 0.2) is 41.3 Å². The van der Waals surface area contributed by atoms with Crippen LogP contribution in [0.3, 0.4) is 0 Å². The molecule has 1 amide bonds. The van der Waals surface area contributed by atoms with Crippen LogP contribution in [0.5, 0.6) is 0 Å². The Labute approximate surface area is 140 Å². The lowest BCUT2D eigenvalue weighted by Crippen LogP contribution is -2.30. The molecule has 0 aliphatic carbocycles. The van der Waals surface area contributed by atoms with E-state index in [1.54, 1.807) is 18.7 Å². The van der Waals surface area contributed by atoms with Gasteiger partial charge < -0.3 is 19.4 Å². The summed E-state index contributed by atoms with van der Waals surface area (Å²) < 4.78 is 11.3. The van der Waals surface area contributed by atoms with E-state index in [9.17, 15) is 4.79 Å². The number of nitrogens with zero attached hydrogens (tertiary/aromatic N) is 3. The summed E-state index contributed by atoms with van der Waals surface area (Å²) in [6.07, 6.45) is 6.57. The quantitative estimate of drug-likeness (QED) is 0.893. The van der Waals surface area contributed by atoms with Crippen molar-refractivity contribution in [2.45, 2.75) is 31.6 Å². The average molecular weight is 328 g/mol. The van der Waals surface area contributed by atoms with Gasteiger partial charge in [-0.1, -0.05) is 0 Å². The first kappa shape index (κ1) is 15.1. The van der Waals surface area contributed by atoms with Crippen LogP contribution in [0.1, 0.15) is 18.6 Å². The number of carbonyl (C=O) groups is 1. The number of aromatic nitrogens is 2. The van der Waals surface area contributed by atoms with Crippen molar-refractivity contribution in [3.8, 4) is 0 Å². The highest BCUT2D eigenvalue weighted by atomic mass is 16.5. The van der Waals surface area contributed by atoms with Crippen molar-refractivity contribution in [1.82, 2.24) is 15.3 Å². The maximum atomic E-state index is 12.0. The van der Waals surface area contributed by atoms with Crippen molar-refractivity contribution in [3.63, 3.8) is 0 Å². The van der Waals surface area contributed by atoms with Crippen LogP contribution in [0.25, 0.3) is 0 Å². The number of hydrogen-bond acceptors (Lipinski definition) is 6. The van der Waals surface area contributed by atoms with Crippen molar-refractivity contribution in [3.05, 3.63) is 42.6 Å². The smallest absolute Gasteiger partial charge is 0.225 e. The van der Waals surface area contributed by atoms with E-state index in [1.807, 2.05) is 18.2 Å². The minimum Gasteiger partial charge on any atom is -0.467 e. The third-order valence-electron chi connectivity index (χ3n) is 4.60. The monoisotopic (exact) mass is 328 g/mol. The van der Waals surface area contributed by atoms with E-state index in [2.05, 4.69) is 20.2 Å². The molecule has 2 aliphatic rings. The van der Waals surface area contributed by atoms with E-state index < -0.39 is 0 Å². The summed E-state index contributed by atoms with van der Waals surface area (Å²) in [4.78, 5) is 22.8. The number of ether oxygens (including phenoxy) is 1. The molecule has 2 fully saturated rings. The summed E-state index contributed by atoms with van der Waals surface area (Å²) >= 11 is 0. The Balaban J connectivity index is 1.24. The number of furan rings is 1. The zero-order chi connectivity index (χ0) is 16.4. The van der Waals surface area contributed by atoms with Gasteiger partial charge in [-0.25, -0.2) is 9.97 Å². The average Bonchev–Trinajstić information content (AvgIpc) is 3.30. The zero-order valence-electron chi connectivity index (χ0n) is 13.3. The second kappa shape index (κ2) is 6.60. The highest BCUT2D eigenvalue weighted by Crippen LogP contribution is 2.35. The number of anilines is 1. The third-order valence-corrected chi connectivity index (χ3v) is 4.60. The lowest BCUT2D eigenvalue weighted by molar-refractivity contribution is -0.123. The van der Waals surface area contributed by atoms with Gasteiger partial charge in [0.05, 0.1) is 31.4 Å². The van der Waals surface area contributed by atoms with E-state index in [1.165, 1.54) is 0 Å². The minimum atomic E-state index is -0.00422. The Morgan fingerprint density at radius 2 is 2.17 bits per heavy atom. The maximum absolute atomic E-state index is 12.0. The van der Waals surface area contributed by atoms with Crippen molar-refractivity contribution in [2.24, 2.45) is 5.92 Å². The number of carbonyl (C=O) groups excluding carboxylic acids is 1. The first-order chi connectivity index (χ1) is 11.8. The molecule has 2 aromatic rings. The summed E-state index contributed by atoms with van der Waals surface area (Å²) in [6.45, 7) is 2.10. The van der Waals surface area contributed by atoms with Gasteiger partial charge in [0.15, 0.2) is 0 Å². The fourth-order valence-electron chi connectivity index (χ4n) is 3.49. The van der Waals surface area contributed by atoms with Gasteiger partial charge >= 0.3 is 0 Å². The van der Waals surface area contributed by atoms with Crippen LogP contribution in [0.4, 0.5) is 5.95 Å². The molecule has 0 bridgehead atoms. The predicted molar refractivity (Wildman–Crippen MR) is 86.2 cm³/mol. The molecule has 2 saturated heterocycles. The molecule has 0 unspecified atom stereocenters. The van der Waals surface area contributed by atoms with Gasteiger partial charge in [-0.2, -0.15) is 0 Å². The third kappa shape index (κ3) is 3.26. The van der Waals surface area contributed by atoms with E-state index in [0.717, 1.165) is 31.2 Å². The van der Waals surface area contributed by atoms with Crippen LogP contribution in [-0.2, 0) is 16.1 Å². The molecule has 3 atom stereocenters. The molecule has 0 spiro atoms. The Kier molecular flexibility index (Phi) is 4.17. The molecule has 1 N–H and O–H groups in total. The fourth-order valence-corrected chi connectivity index (χ4v) is 3.49. The summed E-state index contributed by atoms with van der Waals surface area (Å²) in [5.41, 5.74) is 0. The lowest BCUT2D eigenvalue weighted by atomic mass is 10.0. The Morgan fingerprint density at radius 1 is 1.29 bits per heavy atom. The predicted octanol–water partition coefficient (Wildman–Crippen LogP) is 1.37. The normalized spacial score (nSPS) is 25.7. The van der Waals surface area contributed by atoms with Gasteiger partial charge in [-0.3, -0.25) is 4.79 Å². The highest BCUT2D eigenvalue weighted by Gasteiger charge is 2.43. The summed E-state index contributed by atoms with van der Waals surface area (Å²) in [7, 11) is 0. The molecule has 0 radical (unpaired) electrons. The highest BCUT2D eigenvalue weighted by molar-refractivity contribution is 5.76. The second-order valence-electron chi connectivity index (χ2n) is 6.31. The number of nitrogens with one attached hydrogen (secondary N) is 1. The van der Waals surface area contributed by atoms with Crippen molar-refractivity contribution < 1.29 is 13.9 Å². The van der Waals surface area contributed by atoms with Crippen molar-refractivity contribution in [1.29, 1.82) is 0 Å². The largest absolute Gasteiger partial charge is 0.467 e. The zero-order valence-corrected chi connectivity index (χ0v) is 13.3. The summed E-state index contributed by atoms with van der Waals surface area (Å²) in [5.74, 6) is 1.95. The molecule has 4 rings (SSSR count). The lowest BCUT2D eigenvalue weighted by Gasteiger charge is -2.18. The van der Waals surface area contributed by atoms with Crippen LogP contribution in [0.2, 0.25) is 0 Å². The van der Waals surface area contributed by atoms with Gasteiger partial charge in [0.1, 0.15) is 5.76 Å². The molecule has 4 heterocycles. The van der Waals surface area contributed by atoms with Crippen LogP contribution >= 0.6 is 0 Å². The van der Waals surface area contributed by atoms with E-state index in [4.69, 9.17) is 9.15 Å². The molecule has 7 nitrogen and oxygen atoms in total. The Bertz CT molecular complexity index is 662. The summed E-state index contributed by atoms with van der Waals surface area (Å²) in [5, 5.41) is 2.87. The van der Waals surface area contributed by atoms with Crippen LogP contribution < -0.4 is 10.2 Å². The van der Waals surface area contributed by atoms with Crippen molar-refractivity contribution >= 4 is 11.9 Å². The Morgan fingerprint density at radius 3 is 2.92 bits per heavy atom. The molecule has 0 saturated carbocycles. The molecular formula is C17H20N4O3. The fraction of sp³-hybridized carbons (Fsp3) is 0.471. The molecule has 126 valence electrons. The first-order valence-electron chi connectivity index (χ1n) is 8.24. The molecule has 7 heteroatoms. The summed E-state index contributed by atoms with van der Waals surface area (Å²) in [6, 6.07) is 5.47. The minimum absolute atomic E-state index is 0.000350. The maximum Gasteiger partial charge on any atom is 0.225 e. The SMILES string of the molecule is O=C(C[C@H]1C[C@H]2CN(c3ncccn3)C[C@H]2O1)NCc1ccco1. The number of fused-ring (bicyclic) bond motifs is 1. The number of hydrogen-bond donors (Lipinski definition) is 1. The van der Waals surface area contributed by atoms with Crippen molar-refractivity contribution in [2.75, 3.05) is 18.0 Å². The molecule has 2 aromatic heterocycles. The van der Waals surface area contributed by atoms with E-state index >= 15 is 0 Å².